The predicted octanol–water partition coefficient (Wildman–Crippen LogP) is 5.28. The van der Waals surface area contributed by atoms with Gasteiger partial charge < -0.3 is 29.5 Å². The Morgan fingerprint density at radius 2 is 1.71 bits per heavy atom. The molecule has 3 aromatic rings. The largest absolute Gasteiger partial charge is 0.497 e. The molecule has 3 atom stereocenters. The number of hydrogen-bond acceptors (Lipinski definition) is 7. The quantitative estimate of drug-likeness (QED) is 0.388. The van der Waals surface area contributed by atoms with E-state index in [0.29, 0.717) is 28.1 Å². The Morgan fingerprint density at radius 1 is 1.02 bits per heavy atom. The van der Waals surface area contributed by atoms with Crippen LogP contribution in [0.1, 0.15) is 48.0 Å². The highest BCUT2D eigenvalue weighted by Gasteiger charge is 2.46. The fraction of sp³-hybridized carbons (Fsp3) is 0.438. The monoisotopic (exact) mass is 577 g/mol. The molecule has 42 heavy (non-hydrogen) atoms. The smallest absolute Gasteiger partial charge is 0.408 e. The van der Waals surface area contributed by atoms with Gasteiger partial charge in [0.15, 0.2) is 0 Å². The predicted molar refractivity (Wildman–Crippen MR) is 159 cm³/mol. The number of carbonyl (C=O) groups excluding carboxylic acids is 2. The molecule has 224 valence electrons. The molecule has 1 fully saturated rings. The highest BCUT2D eigenvalue weighted by atomic mass is 16.6. The van der Waals surface area contributed by atoms with E-state index in [1.54, 1.807) is 48.7 Å². The van der Waals surface area contributed by atoms with Crippen LogP contribution in [0.3, 0.4) is 0 Å². The molecule has 10 heteroatoms. The van der Waals surface area contributed by atoms with Crippen LogP contribution in [-0.2, 0) is 14.3 Å². The number of rotatable bonds is 7. The molecule has 0 saturated carbocycles. The van der Waals surface area contributed by atoms with E-state index in [4.69, 9.17) is 19.2 Å². The maximum atomic E-state index is 13.9. The van der Waals surface area contributed by atoms with Gasteiger partial charge in [-0.3, -0.25) is 4.79 Å². The highest BCUT2D eigenvalue weighted by molar-refractivity contribution is 5.91. The second-order valence-electron chi connectivity index (χ2n) is 12.5. The van der Waals surface area contributed by atoms with Gasteiger partial charge >= 0.3 is 12.1 Å². The van der Waals surface area contributed by atoms with Crippen molar-refractivity contribution in [3.05, 3.63) is 54.6 Å². The summed E-state index contributed by atoms with van der Waals surface area (Å²) in [7, 11) is 1.57. The molecule has 10 nitrogen and oxygen atoms in total. The maximum absolute atomic E-state index is 13.9. The zero-order valence-electron chi connectivity index (χ0n) is 25.1. The summed E-state index contributed by atoms with van der Waals surface area (Å²) in [5.74, 6) is -0.543. The number of nitrogens with zero attached hydrogens (tertiary/aromatic N) is 2. The molecule has 1 aliphatic heterocycles. The highest BCUT2D eigenvalue weighted by Crippen LogP contribution is 2.35. The lowest BCUT2D eigenvalue weighted by molar-refractivity contribution is -0.150. The van der Waals surface area contributed by atoms with Crippen LogP contribution in [0.25, 0.3) is 22.2 Å². The van der Waals surface area contributed by atoms with Gasteiger partial charge in [0, 0.05) is 23.4 Å². The molecule has 0 aliphatic carbocycles. The van der Waals surface area contributed by atoms with Crippen molar-refractivity contribution < 1.29 is 33.7 Å². The van der Waals surface area contributed by atoms with E-state index in [9.17, 15) is 19.5 Å². The van der Waals surface area contributed by atoms with Gasteiger partial charge in [0.25, 0.3) is 0 Å². The standard InChI is InChI=1S/C32H39N3O7/c1-31(2,3)27(34-30(39)42-32(4,5)6)28(36)35-18-21(16-25(35)29(37)38)41-26-17-24(19-11-9-8-10-12-19)33-23-14-13-20(40-7)15-22(23)26/h8-15,17,21,25,27H,16,18H2,1-7H3,(H,34,39)(H,37,38). The first kappa shape index (κ1) is 30.6. The molecule has 4 rings (SSSR count). The van der Waals surface area contributed by atoms with Crippen molar-refractivity contribution in [2.75, 3.05) is 13.7 Å². The summed E-state index contributed by atoms with van der Waals surface area (Å²) in [6.45, 7) is 10.6. The Labute approximate surface area is 246 Å². The van der Waals surface area contributed by atoms with Crippen LogP contribution in [0.2, 0.25) is 0 Å². The average molecular weight is 578 g/mol. The second-order valence-corrected chi connectivity index (χ2v) is 12.5. The van der Waals surface area contributed by atoms with E-state index < -0.39 is 47.2 Å². The van der Waals surface area contributed by atoms with Crippen molar-refractivity contribution in [3.8, 4) is 22.8 Å². The zero-order chi connectivity index (χ0) is 30.8. The Hall–Kier alpha value is -4.34. The summed E-state index contributed by atoms with van der Waals surface area (Å²) in [4.78, 5) is 44.9. The van der Waals surface area contributed by atoms with E-state index >= 15 is 0 Å². The number of aromatic nitrogens is 1. The van der Waals surface area contributed by atoms with Crippen molar-refractivity contribution in [1.82, 2.24) is 15.2 Å². The Morgan fingerprint density at radius 3 is 2.31 bits per heavy atom. The lowest BCUT2D eigenvalue weighted by Gasteiger charge is -2.35. The van der Waals surface area contributed by atoms with E-state index in [2.05, 4.69) is 5.32 Å². The fourth-order valence-corrected chi connectivity index (χ4v) is 4.94. The number of carboxylic acid groups (broad SMARTS) is 1. The minimum Gasteiger partial charge on any atom is -0.497 e. The minimum atomic E-state index is -1.15. The van der Waals surface area contributed by atoms with Gasteiger partial charge in [0.1, 0.15) is 35.3 Å². The van der Waals surface area contributed by atoms with Gasteiger partial charge in [-0.05, 0) is 44.4 Å². The van der Waals surface area contributed by atoms with Gasteiger partial charge in [-0.25, -0.2) is 14.6 Å². The van der Waals surface area contributed by atoms with Gasteiger partial charge in [-0.2, -0.15) is 0 Å². The first-order chi connectivity index (χ1) is 19.7. The second kappa shape index (κ2) is 11.9. The van der Waals surface area contributed by atoms with Crippen LogP contribution >= 0.6 is 0 Å². The Bertz CT molecular complexity index is 1460. The number of fused-ring (bicyclic) bond motifs is 1. The molecule has 1 aliphatic rings. The van der Waals surface area contributed by atoms with E-state index in [1.807, 2.05) is 54.6 Å². The first-order valence-electron chi connectivity index (χ1n) is 13.9. The summed E-state index contributed by atoms with van der Waals surface area (Å²) in [5.41, 5.74) is 0.784. The number of methoxy groups -OCH3 is 1. The van der Waals surface area contributed by atoms with E-state index in [1.165, 1.54) is 4.90 Å². The summed E-state index contributed by atoms with van der Waals surface area (Å²) in [5, 5.41) is 13.4. The molecule has 2 N–H and O–H groups in total. The molecule has 0 radical (unpaired) electrons. The van der Waals surface area contributed by atoms with Crippen molar-refractivity contribution >= 4 is 28.9 Å². The van der Waals surface area contributed by atoms with E-state index in [0.717, 1.165) is 5.56 Å². The van der Waals surface area contributed by atoms with Crippen molar-refractivity contribution in [1.29, 1.82) is 0 Å². The molecular formula is C32H39N3O7. The maximum Gasteiger partial charge on any atom is 0.408 e. The summed E-state index contributed by atoms with van der Waals surface area (Å²) in [6.07, 6.45) is -1.31. The van der Waals surface area contributed by atoms with Gasteiger partial charge in [0.05, 0.1) is 24.9 Å². The number of pyridine rings is 1. The third kappa shape index (κ3) is 7.10. The number of hydrogen-bond donors (Lipinski definition) is 2. The van der Waals surface area contributed by atoms with Gasteiger partial charge in [-0.1, -0.05) is 51.1 Å². The van der Waals surface area contributed by atoms with Crippen LogP contribution in [0.15, 0.2) is 54.6 Å². The number of carbonyl (C=O) groups is 3. The number of ether oxygens (including phenoxy) is 3. The summed E-state index contributed by atoms with van der Waals surface area (Å²) in [6, 6.07) is 14.8. The average Bonchev–Trinajstić information content (AvgIpc) is 3.34. The lowest BCUT2D eigenvalue weighted by Crippen LogP contribution is -2.57. The number of amides is 2. The minimum absolute atomic E-state index is 0.0207. The Kier molecular flexibility index (Phi) is 8.65. The van der Waals surface area contributed by atoms with Crippen LogP contribution in [-0.4, -0.2) is 70.4 Å². The molecule has 2 heterocycles. The van der Waals surface area contributed by atoms with Gasteiger partial charge in [-0.15, -0.1) is 0 Å². The SMILES string of the molecule is COc1ccc2nc(-c3ccccc3)cc(OC3CC(C(=O)O)N(C(=O)C(NC(=O)OC(C)(C)C)C(C)(C)C)C3)c2c1. The molecule has 2 amide bonds. The topological polar surface area (TPSA) is 127 Å². The van der Waals surface area contributed by atoms with Crippen LogP contribution in [0, 0.1) is 5.41 Å². The number of nitrogens with one attached hydrogen (secondary N) is 1. The molecule has 1 aromatic heterocycles. The fourth-order valence-electron chi connectivity index (χ4n) is 4.94. The van der Waals surface area contributed by atoms with Gasteiger partial charge in [0.2, 0.25) is 5.91 Å². The van der Waals surface area contributed by atoms with Crippen LogP contribution in [0.5, 0.6) is 11.5 Å². The van der Waals surface area contributed by atoms with Crippen molar-refractivity contribution in [2.45, 2.75) is 71.8 Å². The van der Waals surface area contributed by atoms with Crippen LogP contribution < -0.4 is 14.8 Å². The Balaban J connectivity index is 1.65. The number of benzene rings is 2. The number of alkyl carbamates (subject to hydrolysis) is 1. The van der Waals surface area contributed by atoms with E-state index in [-0.39, 0.29) is 13.0 Å². The molecule has 2 aromatic carbocycles. The molecule has 3 unspecified atom stereocenters. The lowest BCUT2D eigenvalue weighted by atomic mass is 9.85. The number of likely N-dealkylation sites (tertiary alicyclic amines) is 1. The molecule has 0 bridgehead atoms. The number of carboxylic acids is 1. The summed E-state index contributed by atoms with van der Waals surface area (Å²) < 4.78 is 17.3. The summed E-state index contributed by atoms with van der Waals surface area (Å²) >= 11 is 0. The molecule has 1 saturated heterocycles. The van der Waals surface area contributed by atoms with Crippen molar-refractivity contribution in [3.63, 3.8) is 0 Å². The van der Waals surface area contributed by atoms with Crippen LogP contribution in [0.4, 0.5) is 4.79 Å². The first-order valence-corrected chi connectivity index (χ1v) is 13.9. The molecular weight excluding hydrogens is 538 g/mol. The molecule has 0 spiro atoms. The van der Waals surface area contributed by atoms with Crippen molar-refractivity contribution in [2.24, 2.45) is 5.41 Å². The zero-order valence-corrected chi connectivity index (χ0v) is 25.1. The number of aliphatic carboxylic acids is 1. The normalized spacial score (nSPS) is 17.9. The third-order valence-corrected chi connectivity index (χ3v) is 6.95. The third-order valence-electron chi connectivity index (χ3n) is 6.95.